The maximum Gasteiger partial charge on any atom is 0.404 e. The summed E-state index contributed by atoms with van der Waals surface area (Å²) in [7, 11) is 0. The van der Waals surface area contributed by atoms with Crippen molar-refractivity contribution in [1.29, 1.82) is 0 Å². The fraction of sp³-hybridized carbons (Fsp3) is 0.850. The monoisotopic (exact) mass is 449 g/mol. The molecule has 0 aliphatic carbocycles. The van der Waals surface area contributed by atoms with E-state index in [-0.39, 0.29) is 38.1 Å². The second-order valence-corrected chi connectivity index (χ2v) is 6.60. The number of rotatable bonds is 16. The van der Waals surface area contributed by atoms with Crippen LogP contribution in [0.2, 0.25) is 0 Å². The topological polar surface area (TPSA) is 201 Å². The molecule has 0 spiro atoms. The molecule has 0 bridgehead atoms. The van der Waals surface area contributed by atoms with Crippen molar-refractivity contribution in [2.24, 2.45) is 22.9 Å². The third-order valence-electron chi connectivity index (χ3n) is 3.57. The molecule has 11 N–H and O–H groups in total. The zero-order chi connectivity index (χ0) is 24.2. The van der Waals surface area contributed by atoms with Crippen LogP contribution < -0.4 is 38.9 Å². The largest absolute Gasteiger partial charge is 0.448 e. The summed E-state index contributed by atoms with van der Waals surface area (Å²) in [6.07, 6.45) is 6.85. The smallest absolute Gasteiger partial charge is 0.404 e. The van der Waals surface area contributed by atoms with Gasteiger partial charge in [0.05, 0.1) is 19.6 Å². The quantitative estimate of drug-likeness (QED) is 0.153. The fourth-order valence-corrected chi connectivity index (χ4v) is 1.83. The van der Waals surface area contributed by atoms with E-state index >= 15 is 0 Å². The van der Waals surface area contributed by atoms with Crippen LogP contribution in [-0.2, 0) is 14.3 Å². The summed E-state index contributed by atoms with van der Waals surface area (Å²) in [6.45, 7) is 7.57. The minimum Gasteiger partial charge on any atom is -0.448 e. The molecule has 0 aliphatic rings. The Morgan fingerprint density at radius 2 is 1.26 bits per heavy atom. The number of carbonyl (C=O) groups excluding carboxylic acids is 3. The minimum atomic E-state index is -0.893. The molecular weight excluding hydrogens is 402 g/mol. The molecule has 0 fully saturated rings. The molecule has 0 aliphatic heterocycles. The van der Waals surface area contributed by atoms with Crippen molar-refractivity contribution >= 4 is 17.9 Å². The molecule has 0 aromatic rings. The summed E-state index contributed by atoms with van der Waals surface area (Å²) in [5, 5.41) is 7.91. The van der Waals surface area contributed by atoms with Crippen LogP contribution in [0.1, 0.15) is 58.8 Å². The van der Waals surface area contributed by atoms with Gasteiger partial charge in [-0.25, -0.2) is 4.79 Å². The average Bonchev–Trinajstić information content (AvgIpc) is 2.74. The first kappa shape index (κ1) is 33.7. The third-order valence-corrected chi connectivity index (χ3v) is 3.57. The highest BCUT2D eigenvalue weighted by Gasteiger charge is 2.04. The van der Waals surface area contributed by atoms with E-state index in [0.29, 0.717) is 6.54 Å². The van der Waals surface area contributed by atoms with E-state index in [2.05, 4.69) is 34.5 Å². The molecule has 0 saturated heterocycles. The van der Waals surface area contributed by atoms with E-state index in [9.17, 15) is 14.4 Å². The van der Waals surface area contributed by atoms with Gasteiger partial charge in [0.25, 0.3) is 0 Å². The van der Waals surface area contributed by atoms with Crippen molar-refractivity contribution in [2.45, 2.75) is 58.8 Å². The molecule has 31 heavy (non-hydrogen) atoms. The molecule has 0 unspecified atom stereocenters. The highest BCUT2D eigenvalue weighted by Crippen LogP contribution is 1.90. The van der Waals surface area contributed by atoms with Gasteiger partial charge in [0.1, 0.15) is 6.61 Å². The second-order valence-electron chi connectivity index (χ2n) is 6.60. The molecule has 0 aromatic heterocycles. The Bertz CT molecular complexity index is 403. The van der Waals surface area contributed by atoms with E-state index in [4.69, 9.17) is 22.9 Å². The van der Waals surface area contributed by atoms with Crippen LogP contribution >= 0.6 is 0 Å². The summed E-state index contributed by atoms with van der Waals surface area (Å²) in [5.74, 6) is -0.614. The molecule has 0 atom stereocenters. The number of nitrogens with one attached hydrogen (secondary N) is 3. The molecule has 0 aromatic carbocycles. The summed E-state index contributed by atoms with van der Waals surface area (Å²) in [5.41, 5.74) is 20.4. The number of ether oxygens (including phenoxy) is 1. The van der Waals surface area contributed by atoms with E-state index in [1.807, 2.05) is 0 Å². The number of nitrogens with two attached hydrogens (primary N) is 4. The Morgan fingerprint density at radius 3 is 1.71 bits per heavy atom. The first-order chi connectivity index (χ1) is 14.9. The van der Waals surface area contributed by atoms with Gasteiger partial charge in [-0.15, -0.1) is 0 Å². The summed E-state index contributed by atoms with van der Waals surface area (Å²) < 4.78 is 4.43. The van der Waals surface area contributed by atoms with E-state index in [1.165, 1.54) is 25.7 Å². The third kappa shape index (κ3) is 39.1. The number of primary amides is 1. The van der Waals surface area contributed by atoms with Gasteiger partial charge in [0.15, 0.2) is 0 Å². The van der Waals surface area contributed by atoms with Gasteiger partial charge in [-0.1, -0.05) is 33.1 Å². The fourth-order valence-electron chi connectivity index (χ4n) is 1.83. The molecule has 3 amide bonds. The molecule has 0 rings (SSSR count). The Kier molecular flexibility index (Phi) is 32.9. The molecule has 0 saturated carbocycles. The van der Waals surface area contributed by atoms with Crippen LogP contribution in [0.4, 0.5) is 4.79 Å². The van der Waals surface area contributed by atoms with Gasteiger partial charge in [-0.05, 0) is 51.9 Å². The van der Waals surface area contributed by atoms with Crippen molar-refractivity contribution in [3.05, 3.63) is 0 Å². The Labute approximate surface area is 187 Å². The van der Waals surface area contributed by atoms with Crippen LogP contribution in [0, 0.1) is 0 Å². The van der Waals surface area contributed by atoms with Gasteiger partial charge in [-0.3, -0.25) is 9.59 Å². The van der Waals surface area contributed by atoms with Crippen LogP contribution in [0.3, 0.4) is 0 Å². The lowest BCUT2D eigenvalue weighted by Crippen LogP contribution is -2.41. The van der Waals surface area contributed by atoms with Crippen molar-refractivity contribution in [2.75, 3.05) is 52.4 Å². The highest BCUT2D eigenvalue weighted by atomic mass is 16.5. The molecule has 186 valence electrons. The van der Waals surface area contributed by atoms with Crippen molar-refractivity contribution in [3.63, 3.8) is 0 Å². The second kappa shape index (κ2) is 30.2. The van der Waals surface area contributed by atoms with Gasteiger partial charge < -0.3 is 43.6 Å². The average molecular weight is 450 g/mol. The number of hydrogen-bond acceptors (Lipinski definition) is 8. The summed E-state index contributed by atoms with van der Waals surface area (Å²) in [6, 6.07) is 0. The predicted molar refractivity (Wildman–Crippen MR) is 125 cm³/mol. The molecular formula is C20H47N7O4. The lowest BCUT2D eigenvalue weighted by Gasteiger charge is -2.07. The Balaban J connectivity index is -0.000000646. The zero-order valence-corrected chi connectivity index (χ0v) is 19.5. The highest BCUT2D eigenvalue weighted by molar-refractivity contribution is 5.85. The standard InChI is InChI=1S/C12H25N5O4.2C4H11N/c13-4-2-1-3-5-15-8-10(18)17-9-11(19)16-6-7-21-12(14)20;2*1-2-3-4-5/h15H,1-9,13H2,(H2,14,20)(H,16,19)(H,17,18);2*2-5H2,1H3. The minimum absolute atomic E-state index is 0.000620. The van der Waals surface area contributed by atoms with Crippen molar-refractivity contribution in [3.8, 4) is 0 Å². The molecule has 0 heterocycles. The van der Waals surface area contributed by atoms with E-state index in [0.717, 1.165) is 38.9 Å². The van der Waals surface area contributed by atoms with Crippen LogP contribution in [0.5, 0.6) is 0 Å². The molecule has 11 heteroatoms. The Morgan fingerprint density at radius 1 is 0.710 bits per heavy atom. The van der Waals surface area contributed by atoms with Crippen LogP contribution in [0.15, 0.2) is 0 Å². The normalized spacial score (nSPS) is 9.45. The van der Waals surface area contributed by atoms with Crippen molar-refractivity contribution in [1.82, 2.24) is 16.0 Å². The van der Waals surface area contributed by atoms with Gasteiger partial charge >= 0.3 is 6.09 Å². The lowest BCUT2D eigenvalue weighted by atomic mass is 10.2. The van der Waals surface area contributed by atoms with Gasteiger partial charge in [-0.2, -0.15) is 0 Å². The van der Waals surface area contributed by atoms with E-state index in [1.54, 1.807) is 0 Å². The lowest BCUT2D eigenvalue weighted by molar-refractivity contribution is -0.125. The summed E-state index contributed by atoms with van der Waals surface area (Å²) in [4.78, 5) is 33.0. The number of amides is 3. The summed E-state index contributed by atoms with van der Waals surface area (Å²) >= 11 is 0. The number of carbonyl (C=O) groups is 3. The maximum atomic E-state index is 11.4. The first-order valence-corrected chi connectivity index (χ1v) is 11.2. The first-order valence-electron chi connectivity index (χ1n) is 11.2. The van der Waals surface area contributed by atoms with Crippen molar-refractivity contribution < 1.29 is 19.1 Å². The van der Waals surface area contributed by atoms with Crippen LogP contribution in [0.25, 0.3) is 0 Å². The van der Waals surface area contributed by atoms with Gasteiger partial charge in [0, 0.05) is 0 Å². The number of unbranched alkanes of at least 4 members (excludes halogenated alkanes) is 4. The van der Waals surface area contributed by atoms with Gasteiger partial charge in [0.2, 0.25) is 11.8 Å². The Hall–Kier alpha value is -1.95. The van der Waals surface area contributed by atoms with E-state index < -0.39 is 6.09 Å². The zero-order valence-electron chi connectivity index (χ0n) is 19.5. The molecule has 11 nitrogen and oxygen atoms in total. The number of hydrogen-bond donors (Lipinski definition) is 7. The molecule has 0 radical (unpaired) electrons. The predicted octanol–water partition coefficient (Wildman–Crippen LogP) is -0.477. The van der Waals surface area contributed by atoms with Crippen LogP contribution in [-0.4, -0.2) is 70.3 Å². The maximum absolute atomic E-state index is 11.4. The SMILES string of the molecule is CCCCN.CCCCN.NCCCCCNCC(=O)NCC(=O)NCCOC(N)=O.